The van der Waals surface area contributed by atoms with Crippen LogP contribution in [0.3, 0.4) is 0 Å². The number of hydrogen-bond donors (Lipinski definition) is 3. The summed E-state index contributed by atoms with van der Waals surface area (Å²) in [6, 6.07) is 4.29. The van der Waals surface area contributed by atoms with Crippen molar-refractivity contribution in [2.75, 3.05) is 12.4 Å². The Hall–Kier alpha value is -2.83. The van der Waals surface area contributed by atoms with Gasteiger partial charge >= 0.3 is 5.97 Å². The number of aromatic carboxylic acids is 1. The van der Waals surface area contributed by atoms with Gasteiger partial charge in [0.2, 0.25) is 0 Å². The third-order valence-corrected chi connectivity index (χ3v) is 2.43. The molecule has 0 atom stereocenters. The van der Waals surface area contributed by atoms with E-state index in [1.54, 1.807) is 0 Å². The lowest BCUT2D eigenvalue weighted by Crippen LogP contribution is -2.12. The normalized spacial score (nSPS) is 9.95. The molecule has 7 nitrogen and oxygen atoms in total. The molecular weight excluding hydrogens is 250 g/mol. The number of methoxy groups -OCH3 is 1. The number of H-pyrrole nitrogens is 1. The molecule has 1 heterocycles. The lowest BCUT2D eigenvalue weighted by atomic mass is 10.2. The van der Waals surface area contributed by atoms with Crippen LogP contribution in [0.2, 0.25) is 0 Å². The number of benzene rings is 1. The highest BCUT2D eigenvalue weighted by molar-refractivity contribution is 6.03. The molecule has 1 aromatic heterocycles. The first-order valence-electron chi connectivity index (χ1n) is 5.33. The van der Waals surface area contributed by atoms with E-state index in [-0.39, 0.29) is 17.2 Å². The van der Waals surface area contributed by atoms with Gasteiger partial charge in [-0.05, 0) is 12.1 Å². The van der Waals surface area contributed by atoms with E-state index < -0.39 is 5.97 Å². The zero-order valence-electron chi connectivity index (χ0n) is 10.0. The van der Waals surface area contributed by atoms with Crippen molar-refractivity contribution in [2.45, 2.75) is 0 Å². The first-order valence-corrected chi connectivity index (χ1v) is 5.33. The second-order valence-corrected chi connectivity index (χ2v) is 3.64. The highest BCUT2D eigenvalue weighted by Crippen LogP contribution is 2.23. The van der Waals surface area contributed by atoms with E-state index in [4.69, 9.17) is 9.84 Å². The molecule has 2 rings (SSSR count). The molecule has 0 unspecified atom stereocenters. The van der Waals surface area contributed by atoms with Gasteiger partial charge in [-0.1, -0.05) is 0 Å². The van der Waals surface area contributed by atoms with Gasteiger partial charge in [-0.3, -0.25) is 4.79 Å². The summed E-state index contributed by atoms with van der Waals surface area (Å²) in [5.41, 5.74) is 0.768. The third kappa shape index (κ3) is 2.71. The number of rotatable bonds is 4. The van der Waals surface area contributed by atoms with Crippen molar-refractivity contribution in [3.63, 3.8) is 0 Å². The molecule has 98 valence electrons. The van der Waals surface area contributed by atoms with Gasteiger partial charge in [0.15, 0.2) is 0 Å². The van der Waals surface area contributed by atoms with Crippen molar-refractivity contribution in [3.8, 4) is 5.75 Å². The van der Waals surface area contributed by atoms with Gasteiger partial charge in [-0.2, -0.15) is 0 Å². The Morgan fingerprint density at radius 1 is 1.42 bits per heavy atom. The standard InChI is InChI=1S/C12H11N3O4/c1-19-10-4-7(2-3-8(10)12(17)18)15-11(16)9-5-13-6-14-9/h2-6H,1H3,(H,13,14)(H,15,16)(H,17,18). The number of carbonyl (C=O) groups excluding carboxylic acids is 1. The van der Waals surface area contributed by atoms with E-state index in [1.807, 2.05) is 0 Å². The van der Waals surface area contributed by atoms with E-state index in [9.17, 15) is 9.59 Å². The summed E-state index contributed by atoms with van der Waals surface area (Å²) in [6.45, 7) is 0. The van der Waals surface area contributed by atoms with Crippen LogP contribution >= 0.6 is 0 Å². The Kier molecular flexibility index (Phi) is 3.46. The number of carboxylic acids is 1. The second-order valence-electron chi connectivity index (χ2n) is 3.64. The quantitative estimate of drug-likeness (QED) is 0.771. The molecule has 0 fully saturated rings. The molecule has 0 radical (unpaired) electrons. The van der Waals surface area contributed by atoms with Gasteiger partial charge in [0.25, 0.3) is 5.91 Å². The lowest BCUT2D eigenvalue weighted by molar-refractivity contribution is 0.0693. The molecule has 0 aliphatic rings. The van der Waals surface area contributed by atoms with Gasteiger partial charge in [-0.15, -0.1) is 0 Å². The van der Waals surface area contributed by atoms with Crippen molar-refractivity contribution in [1.82, 2.24) is 9.97 Å². The fourth-order valence-electron chi connectivity index (χ4n) is 1.52. The van der Waals surface area contributed by atoms with Crippen LogP contribution < -0.4 is 10.1 Å². The number of aromatic nitrogens is 2. The van der Waals surface area contributed by atoms with Crippen LogP contribution in [0.1, 0.15) is 20.8 Å². The van der Waals surface area contributed by atoms with E-state index in [0.29, 0.717) is 11.4 Å². The summed E-state index contributed by atoms with van der Waals surface area (Å²) in [7, 11) is 1.36. The van der Waals surface area contributed by atoms with Crippen LogP contribution in [0.15, 0.2) is 30.7 Å². The van der Waals surface area contributed by atoms with Crippen molar-refractivity contribution in [3.05, 3.63) is 42.0 Å². The largest absolute Gasteiger partial charge is 0.496 e. The molecule has 0 saturated heterocycles. The number of ether oxygens (including phenoxy) is 1. The number of carboxylic acid groups (broad SMARTS) is 1. The predicted octanol–water partition coefficient (Wildman–Crippen LogP) is 1.37. The second kappa shape index (κ2) is 5.21. The number of carbonyl (C=O) groups is 2. The first-order chi connectivity index (χ1) is 9.11. The van der Waals surface area contributed by atoms with Gasteiger partial charge < -0.3 is 20.1 Å². The summed E-state index contributed by atoms with van der Waals surface area (Å²) >= 11 is 0. The highest BCUT2D eigenvalue weighted by Gasteiger charge is 2.13. The molecule has 0 aliphatic carbocycles. The zero-order valence-corrected chi connectivity index (χ0v) is 10.0. The minimum Gasteiger partial charge on any atom is -0.496 e. The van der Waals surface area contributed by atoms with Crippen LogP contribution in [0, 0.1) is 0 Å². The van der Waals surface area contributed by atoms with Crippen molar-refractivity contribution in [1.29, 1.82) is 0 Å². The Balaban J connectivity index is 2.22. The van der Waals surface area contributed by atoms with E-state index in [1.165, 1.54) is 37.8 Å². The lowest BCUT2D eigenvalue weighted by Gasteiger charge is -2.08. The molecule has 3 N–H and O–H groups in total. The summed E-state index contributed by atoms with van der Waals surface area (Å²) in [4.78, 5) is 29.1. The molecule has 0 aliphatic heterocycles. The van der Waals surface area contributed by atoms with E-state index in [2.05, 4.69) is 15.3 Å². The Bertz CT molecular complexity index is 607. The maximum Gasteiger partial charge on any atom is 0.339 e. The Morgan fingerprint density at radius 3 is 2.79 bits per heavy atom. The van der Waals surface area contributed by atoms with Crippen LogP contribution in [0.5, 0.6) is 5.75 Å². The molecular formula is C12H11N3O4. The number of nitrogens with one attached hydrogen (secondary N) is 2. The third-order valence-electron chi connectivity index (χ3n) is 2.43. The molecule has 1 aromatic carbocycles. The van der Waals surface area contributed by atoms with Crippen LogP contribution in [0.25, 0.3) is 0 Å². The maximum absolute atomic E-state index is 11.8. The SMILES string of the molecule is COc1cc(NC(=O)c2cnc[nH]2)ccc1C(=O)O. The van der Waals surface area contributed by atoms with Crippen molar-refractivity contribution < 1.29 is 19.4 Å². The summed E-state index contributed by atoms with van der Waals surface area (Å²) in [5, 5.41) is 11.5. The van der Waals surface area contributed by atoms with Crippen LogP contribution in [-0.2, 0) is 0 Å². The maximum atomic E-state index is 11.8. The van der Waals surface area contributed by atoms with Crippen LogP contribution in [-0.4, -0.2) is 34.1 Å². The highest BCUT2D eigenvalue weighted by atomic mass is 16.5. The van der Waals surface area contributed by atoms with E-state index >= 15 is 0 Å². The smallest absolute Gasteiger partial charge is 0.339 e. The molecule has 19 heavy (non-hydrogen) atoms. The number of aromatic amines is 1. The number of imidazole rings is 1. The average Bonchev–Trinajstić information content (AvgIpc) is 2.92. The van der Waals surface area contributed by atoms with Crippen molar-refractivity contribution >= 4 is 17.6 Å². The minimum absolute atomic E-state index is 0.0297. The zero-order chi connectivity index (χ0) is 13.8. The molecule has 7 heteroatoms. The number of nitrogens with zero attached hydrogens (tertiary/aromatic N) is 1. The summed E-state index contributed by atoms with van der Waals surface area (Å²) < 4.78 is 4.97. The number of hydrogen-bond acceptors (Lipinski definition) is 4. The molecule has 1 amide bonds. The molecule has 0 spiro atoms. The number of anilines is 1. The van der Waals surface area contributed by atoms with Gasteiger partial charge in [0.05, 0.1) is 19.6 Å². The van der Waals surface area contributed by atoms with Gasteiger partial charge in [0.1, 0.15) is 17.0 Å². The molecule has 0 saturated carbocycles. The fourth-order valence-corrected chi connectivity index (χ4v) is 1.52. The first kappa shape index (κ1) is 12.6. The van der Waals surface area contributed by atoms with Gasteiger partial charge in [-0.25, -0.2) is 9.78 Å². The minimum atomic E-state index is -1.09. The predicted molar refractivity (Wildman–Crippen MR) is 66.5 cm³/mol. The monoisotopic (exact) mass is 261 g/mol. The van der Waals surface area contributed by atoms with E-state index in [0.717, 1.165) is 0 Å². The average molecular weight is 261 g/mol. The topological polar surface area (TPSA) is 104 Å². The fraction of sp³-hybridized carbons (Fsp3) is 0.0833. The molecule has 2 aromatic rings. The van der Waals surface area contributed by atoms with Gasteiger partial charge in [0, 0.05) is 11.8 Å². The molecule has 0 bridgehead atoms. The summed E-state index contributed by atoms with van der Waals surface area (Å²) in [6.07, 6.45) is 2.78. The summed E-state index contributed by atoms with van der Waals surface area (Å²) in [5.74, 6) is -1.29. The van der Waals surface area contributed by atoms with Crippen molar-refractivity contribution in [2.24, 2.45) is 0 Å². The Labute approximate surface area is 108 Å². The van der Waals surface area contributed by atoms with Crippen LogP contribution in [0.4, 0.5) is 5.69 Å². The number of amides is 1. The Morgan fingerprint density at radius 2 is 2.21 bits per heavy atom.